The van der Waals surface area contributed by atoms with E-state index in [2.05, 4.69) is 10.3 Å². The molecular weight excluding hydrogens is 338 g/mol. The monoisotopic (exact) mass is 355 g/mol. The first-order valence-electron chi connectivity index (χ1n) is 8.18. The Bertz CT molecular complexity index is 959. The van der Waals surface area contributed by atoms with Gasteiger partial charge in [0.05, 0.1) is 11.8 Å². The third kappa shape index (κ3) is 3.08. The van der Waals surface area contributed by atoms with E-state index in [9.17, 15) is 9.59 Å². The number of hydrogen-bond donors (Lipinski definition) is 1. The van der Waals surface area contributed by atoms with Crippen molar-refractivity contribution in [2.45, 2.75) is 18.9 Å². The molecule has 1 aliphatic heterocycles. The Morgan fingerprint density at radius 2 is 2.20 bits per heavy atom. The first-order chi connectivity index (χ1) is 12.2. The largest absolute Gasteiger partial charge is 0.376 e. The van der Waals surface area contributed by atoms with Crippen molar-refractivity contribution < 1.29 is 9.53 Å². The summed E-state index contributed by atoms with van der Waals surface area (Å²) in [5.74, 6) is -0.410. The number of thiazole rings is 1. The fourth-order valence-electron chi connectivity index (χ4n) is 2.97. The van der Waals surface area contributed by atoms with E-state index in [4.69, 9.17) is 4.74 Å². The maximum atomic E-state index is 12.9. The van der Waals surface area contributed by atoms with Crippen LogP contribution in [0.2, 0.25) is 0 Å². The molecule has 0 spiro atoms. The molecule has 1 aliphatic rings. The van der Waals surface area contributed by atoms with Gasteiger partial charge in [0.15, 0.2) is 4.96 Å². The van der Waals surface area contributed by atoms with E-state index in [1.165, 1.54) is 21.9 Å². The van der Waals surface area contributed by atoms with E-state index in [1.54, 1.807) is 0 Å². The van der Waals surface area contributed by atoms with Crippen molar-refractivity contribution >= 4 is 22.2 Å². The lowest BCUT2D eigenvalue weighted by Gasteiger charge is -2.10. The van der Waals surface area contributed by atoms with Crippen molar-refractivity contribution in [3.05, 3.63) is 57.8 Å². The van der Waals surface area contributed by atoms with Crippen LogP contribution in [0.4, 0.5) is 0 Å². The van der Waals surface area contributed by atoms with Crippen LogP contribution in [0.25, 0.3) is 16.2 Å². The Hall–Kier alpha value is -2.51. The molecule has 4 rings (SSSR count). The molecule has 0 saturated carbocycles. The smallest absolute Gasteiger partial charge is 0.271 e. The second-order valence-electron chi connectivity index (χ2n) is 5.93. The Morgan fingerprint density at radius 3 is 2.96 bits per heavy atom. The van der Waals surface area contributed by atoms with E-state index in [-0.39, 0.29) is 17.2 Å². The quantitative estimate of drug-likeness (QED) is 0.780. The van der Waals surface area contributed by atoms with Crippen molar-refractivity contribution in [3.8, 4) is 11.3 Å². The van der Waals surface area contributed by atoms with E-state index in [0.29, 0.717) is 11.5 Å². The number of ether oxygens (including phenoxy) is 1. The SMILES string of the molecule is O=C(NC[C@H]1CCCO1)c1cnc2scc(-c3ccccc3)n2c1=O. The molecule has 0 bridgehead atoms. The predicted molar refractivity (Wildman–Crippen MR) is 96.1 cm³/mol. The van der Waals surface area contributed by atoms with Crippen LogP contribution in [0.1, 0.15) is 23.2 Å². The second kappa shape index (κ2) is 6.78. The molecule has 25 heavy (non-hydrogen) atoms. The molecule has 1 atom stereocenters. The van der Waals surface area contributed by atoms with Crippen molar-refractivity contribution in [2.24, 2.45) is 0 Å². The molecule has 3 heterocycles. The Kier molecular flexibility index (Phi) is 4.33. The number of benzene rings is 1. The van der Waals surface area contributed by atoms with Crippen LogP contribution in [-0.2, 0) is 4.74 Å². The van der Waals surface area contributed by atoms with Crippen molar-refractivity contribution in [1.82, 2.24) is 14.7 Å². The molecule has 2 aromatic heterocycles. The number of amides is 1. The summed E-state index contributed by atoms with van der Waals surface area (Å²) in [6.45, 7) is 1.14. The molecule has 1 fully saturated rings. The number of nitrogens with one attached hydrogen (secondary N) is 1. The van der Waals surface area contributed by atoms with Gasteiger partial charge in [0.1, 0.15) is 5.56 Å². The predicted octanol–water partition coefficient (Wildman–Crippen LogP) is 2.33. The lowest BCUT2D eigenvalue weighted by Crippen LogP contribution is -2.36. The lowest BCUT2D eigenvalue weighted by molar-refractivity contribution is 0.0856. The van der Waals surface area contributed by atoms with Gasteiger partial charge in [-0.05, 0) is 18.4 Å². The van der Waals surface area contributed by atoms with Gasteiger partial charge in [0.2, 0.25) is 0 Å². The number of aromatic nitrogens is 2. The molecule has 6 nitrogen and oxygen atoms in total. The van der Waals surface area contributed by atoms with Crippen LogP contribution in [0, 0.1) is 0 Å². The van der Waals surface area contributed by atoms with Crippen LogP contribution in [0.3, 0.4) is 0 Å². The van der Waals surface area contributed by atoms with E-state index in [0.717, 1.165) is 30.7 Å². The lowest BCUT2D eigenvalue weighted by atomic mass is 10.2. The molecule has 1 amide bonds. The summed E-state index contributed by atoms with van der Waals surface area (Å²) in [6.07, 6.45) is 3.32. The number of fused-ring (bicyclic) bond motifs is 1. The standard InChI is InChI=1S/C18H17N3O3S/c22-16(19-9-13-7-4-8-24-13)14-10-20-18-21(17(14)23)15(11-25-18)12-5-2-1-3-6-12/h1-3,5-6,10-11,13H,4,7-9H2,(H,19,22)/t13-/m1/s1. The summed E-state index contributed by atoms with van der Waals surface area (Å²) >= 11 is 1.38. The topological polar surface area (TPSA) is 72.7 Å². The number of hydrogen-bond acceptors (Lipinski definition) is 5. The summed E-state index contributed by atoms with van der Waals surface area (Å²) in [7, 11) is 0. The van der Waals surface area contributed by atoms with Gasteiger partial charge < -0.3 is 10.1 Å². The molecule has 1 aromatic carbocycles. The van der Waals surface area contributed by atoms with Crippen LogP contribution in [0.5, 0.6) is 0 Å². The summed E-state index contributed by atoms with van der Waals surface area (Å²) in [6, 6.07) is 9.60. The molecular formula is C18H17N3O3S. The van der Waals surface area contributed by atoms with Gasteiger partial charge in [0, 0.05) is 24.7 Å². The molecule has 0 unspecified atom stereocenters. The van der Waals surface area contributed by atoms with E-state index >= 15 is 0 Å². The zero-order valence-corrected chi connectivity index (χ0v) is 14.3. The molecule has 1 saturated heterocycles. The number of carbonyl (C=O) groups is 1. The van der Waals surface area contributed by atoms with Gasteiger partial charge >= 0.3 is 0 Å². The van der Waals surface area contributed by atoms with E-state index in [1.807, 2.05) is 35.7 Å². The highest BCUT2D eigenvalue weighted by molar-refractivity contribution is 7.15. The molecule has 1 N–H and O–H groups in total. The van der Waals surface area contributed by atoms with Gasteiger partial charge in [-0.15, -0.1) is 11.3 Å². The number of nitrogens with zero attached hydrogens (tertiary/aromatic N) is 2. The fraction of sp³-hybridized carbons (Fsp3) is 0.278. The minimum absolute atomic E-state index is 0.0319. The van der Waals surface area contributed by atoms with Gasteiger partial charge in [-0.3, -0.25) is 14.0 Å². The highest BCUT2D eigenvalue weighted by Crippen LogP contribution is 2.23. The number of carbonyl (C=O) groups excluding carboxylic acids is 1. The van der Waals surface area contributed by atoms with Crippen LogP contribution < -0.4 is 10.9 Å². The summed E-state index contributed by atoms with van der Waals surface area (Å²) in [4.78, 5) is 30.1. The second-order valence-corrected chi connectivity index (χ2v) is 6.76. The maximum absolute atomic E-state index is 12.9. The van der Waals surface area contributed by atoms with Gasteiger partial charge in [-0.2, -0.15) is 0 Å². The normalized spacial score (nSPS) is 17.0. The van der Waals surface area contributed by atoms with Crippen LogP contribution in [-0.4, -0.2) is 34.5 Å². The van der Waals surface area contributed by atoms with Gasteiger partial charge in [-0.25, -0.2) is 4.98 Å². The summed E-state index contributed by atoms with van der Waals surface area (Å²) in [5.41, 5.74) is 1.35. The molecule has 3 aromatic rings. The van der Waals surface area contributed by atoms with Crippen molar-refractivity contribution in [2.75, 3.05) is 13.2 Å². The third-order valence-electron chi connectivity index (χ3n) is 4.27. The minimum Gasteiger partial charge on any atom is -0.376 e. The molecule has 0 aliphatic carbocycles. The highest BCUT2D eigenvalue weighted by Gasteiger charge is 2.20. The third-order valence-corrected chi connectivity index (χ3v) is 5.11. The zero-order chi connectivity index (χ0) is 17.2. The van der Waals surface area contributed by atoms with Crippen molar-refractivity contribution in [1.29, 1.82) is 0 Å². The van der Waals surface area contributed by atoms with Gasteiger partial charge in [0.25, 0.3) is 11.5 Å². The van der Waals surface area contributed by atoms with Crippen LogP contribution in [0.15, 0.2) is 46.7 Å². The Morgan fingerprint density at radius 1 is 1.36 bits per heavy atom. The summed E-state index contributed by atoms with van der Waals surface area (Å²) in [5, 5.41) is 4.67. The van der Waals surface area contributed by atoms with Crippen LogP contribution >= 0.6 is 11.3 Å². The molecule has 128 valence electrons. The first-order valence-corrected chi connectivity index (χ1v) is 9.06. The number of rotatable bonds is 4. The highest BCUT2D eigenvalue weighted by atomic mass is 32.1. The maximum Gasteiger partial charge on any atom is 0.271 e. The Labute approximate surface area is 148 Å². The van der Waals surface area contributed by atoms with Gasteiger partial charge in [-0.1, -0.05) is 30.3 Å². The first kappa shape index (κ1) is 16.0. The zero-order valence-electron chi connectivity index (χ0n) is 13.5. The van der Waals surface area contributed by atoms with Crippen molar-refractivity contribution in [3.63, 3.8) is 0 Å². The average Bonchev–Trinajstić information content (AvgIpc) is 3.31. The molecule has 0 radical (unpaired) electrons. The molecule has 7 heteroatoms. The van der Waals surface area contributed by atoms with E-state index < -0.39 is 5.91 Å². The summed E-state index contributed by atoms with van der Waals surface area (Å²) < 4.78 is 6.99. The fourth-order valence-corrected chi connectivity index (χ4v) is 3.82. The Balaban J connectivity index is 1.67. The average molecular weight is 355 g/mol. The minimum atomic E-state index is -0.410.